The number of hydrogen-bond acceptors (Lipinski definition) is 1. The van der Waals surface area contributed by atoms with E-state index in [9.17, 15) is 0 Å². The summed E-state index contributed by atoms with van der Waals surface area (Å²) < 4.78 is 0. The van der Waals surface area contributed by atoms with Crippen molar-refractivity contribution in [3.63, 3.8) is 0 Å². The Kier molecular flexibility index (Phi) is 1440. The van der Waals surface area contributed by atoms with E-state index in [1.807, 2.05) is 0 Å². The van der Waals surface area contributed by atoms with Crippen LogP contribution in [0.3, 0.4) is 0 Å². The molecule has 0 heterocycles. The van der Waals surface area contributed by atoms with Gasteiger partial charge >= 0.3 is 19.5 Å². The summed E-state index contributed by atoms with van der Waals surface area (Å²) in [6.07, 6.45) is 0. The van der Waals surface area contributed by atoms with Gasteiger partial charge in [-0.15, -0.1) is 0 Å². The van der Waals surface area contributed by atoms with Crippen molar-refractivity contribution in [3.8, 4) is 0 Å². The van der Waals surface area contributed by atoms with Crippen LogP contribution in [-0.2, 0) is 19.5 Å². The molecule has 0 unspecified atom stereocenters. The van der Waals surface area contributed by atoms with Gasteiger partial charge < -0.3 is 11.0 Å². The van der Waals surface area contributed by atoms with Gasteiger partial charge in [0.2, 0.25) is 0 Å². The molecular formula is H3O2SiZn+. The Bertz CT molecular complexity index is 6.00. The molecule has 0 aromatic carbocycles. The third-order valence-electron chi connectivity index (χ3n) is 0. The molecule has 0 aliphatic carbocycles. The van der Waals surface area contributed by atoms with Gasteiger partial charge in [0, 0.05) is 11.0 Å². The Labute approximate surface area is 42.0 Å². The van der Waals surface area contributed by atoms with Gasteiger partial charge in [0.15, 0.2) is 0 Å². The van der Waals surface area contributed by atoms with Crippen molar-refractivity contribution in [1.82, 2.24) is 0 Å². The van der Waals surface area contributed by atoms with Gasteiger partial charge in [-0.05, 0) is 0 Å². The smallest absolute Gasteiger partial charge is 0.870 e. The van der Waals surface area contributed by atoms with Crippen LogP contribution < -0.4 is 0 Å². The van der Waals surface area contributed by atoms with E-state index in [4.69, 9.17) is 0 Å². The summed E-state index contributed by atoms with van der Waals surface area (Å²) in [6, 6.07) is 0. The monoisotopic (exact) mass is 127 g/mol. The second-order valence-corrected chi connectivity index (χ2v) is 0. The summed E-state index contributed by atoms with van der Waals surface area (Å²) in [5, 5.41) is 0. The third kappa shape index (κ3) is 14.8. The summed E-state index contributed by atoms with van der Waals surface area (Å²) >= 11 is 0. The van der Waals surface area contributed by atoms with Crippen molar-refractivity contribution < 1.29 is 30.4 Å². The minimum absolute atomic E-state index is 0. The van der Waals surface area contributed by atoms with Crippen LogP contribution in [0, 0.1) is 0 Å². The zero-order chi connectivity index (χ0) is 0. The molecule has 20 valence electrons. The molecule has 4 heavy (non-hydrogen) atoms. The Morgan fingerprint density at radius 2 is 1.00 bits per heavy atom. The van der Waals surface area contributed by atoms with E-state index >= 15 is 0 Å². The molecule has 0 aromatic heterocycles. The Hall–Kier alpha value is 0.760. The maximum absolute atomic E-state index is 0. The standard InChI is InChI=1S/2H2O.Si.Zn/h2*1H2;;/q;;;+2/p-1. The molecule has 4 radical (unpaired) electrons. The molecule has 3 N–H and O–H groups in total. The first-order valence-corrected chi connectivity index (χ1v) is 0. The molecule has 2 nitrogen and oxygen atoms in total. The first kappa shape index (κ1) is 116. The SMILES string of the molecule is O.[OH-].[Si].[Zn+2]. The van der Waals surface area contributed by atoms with Crippen LogP contribution in [0.2, 0.25) is 0 Å². The molecule has 0 aromatic rings. The van der Waals surface area contributed by atoms with Crippen LogP contribution in [0.5, 0.6) is 0 Å². The van der Waals surface area contributed by atoms with Crippen LogP contribution in [0.1, 0.15) is 0 Å². The zero-order valence-corrected chi connectivity index (χ0v) is 6.12. The van der Waals surface area contributed by atoms with Crippen LogP contribution in [0.25, 0.3) is 0 Å². The van der Waals surface area contributed by atoms with E-state index in [1.165, 1.54) is 0 Å². The van der Waals surface area contributed by atoms with Crippen LogP contribution in [0.4, 0.5) is 0 Å². The summed E-state index contributed by atoms with van der Waals surface area (Å²) in [5.74, 6) is 0. The summed E-state index contributed by atoms with van der Waals surface area (Å²) in [7, 11) is 0. The van der Waals surface area contributed by atoms with Gasteiger partial charge in [-0.2, -0.15) is 0 Å². The van der Waals surface area contributed by atoms with Gasteiger partial charge in [0.05, 0.1) is 0 Å². The number of hydrogen-bond donors (Lipinski definition) is 0. The van der Waals surface area contributed by atoms with Gasteiger partial charge in [-0.3, -0.25) is 0 Å². The Balaban J connectivity index is 0. The van der Waals surface area contributed by atoms with Crippen molar-refractivity contribution in [3.05, 3.63) is 0 Å². The molecule has 0 rings (SSSR count). The molecule has 0 bridgehead atoms. The van der Waals surface area contributed by atoms with Crippen molar-refractivity contribution in [2.24, 2.45) is 0 Å². The molecular weight excluding hydrogens is 125 g/mol. The van der Waals surface area contributed by atoms with Crippen LogP contribution >= 0.6 is 0 Å². The Morgan fingerprint density at radius 3 is 1.00 bits per heavy atom. The molecule has 0 amide bonds. The normalized spacial score (nSPS) is 0. The zero-order valence-electron chi connectivity index (χ0n) is 2.15. The molecule has 0 atom stereocenters. The van der Waals surface area contributed by atoms with Crippen molar-refractivity contribution >= 4 is 11.0 Å². The molecule has 0 aliphatic rings. The molecule has 0 spiro atoms. The van der Waals surface area contributed by atoms with Crippen molar-refractivity contribution in [2.75, 3.05) is 0 Å². The van der Waals surface area contributed by atoms with E-state index in [0.29, 0.717) is 0 Å². The first-order chi connectivity index (χ1) is 0. The molecule has 0 saturated carbocycles. The summed E-state index contributed by atoms with van der Waals surface area (Å²) in [6.45, 7) is 0. The average molecular weight is 128 g/mol. The molecule has 0 saturated heterocycles. The molecule has 0 aliphatic heterocycles. The maximum Gasteiger partial charge on any atom is 2.00 e. The topological polar surface area (TPSA) is 61.5 Å². The van der Waals surface area contributed by atoms with Gasteiger partial charge in [0.1, 0.15) is 0 Å². The Morgan fingerprint density at radius 1 is 1.00 bits per heavy atom. The van der Waals surface area contributed by atoms with Crippen molar-refractivity contribution in [2.45, 2.75) is 0 Å². The fourth-order valence-corrected chi connectivity index (χ4v) is 0. The fraction of sp³-hybridized carbons (Fsp3) is 0. The van der Waals surface area contributed by atoms with Crippen LogP contribution in [-0.4, -0.2) is 21.9 Å². The van der Waals surface area contributed by atoms with Gasteiger partial charge in [0.25, 0.3) is 0 Å². The second-order valence-electron chi connectivity index (χ2n) is 0. The third-order valence-corrected chi connectivity index (χ3v) is 0. The minimum atomic E-state index is 0. The summed E-state index contributed by atoms with van der Waals surface area (Å²) in [5.41, 5.74) is 0. The van der Waals surface area contributed by atoms with E-state index in [2.05, 4.69) is 0 Å². The summed E-state index contributed by atoms with van der Waals surface area (Å²) in [4.78, 5) is 0. The predicted octanol–water partition coefficient (Wildman–Crippen LogP) is -1.38. The molecule has 0 fully saturated rings. The number of rotatable bonds is 0. The van der Waals surface area contributed by atoms with E-state index < -0.39 is 0 Å². The second kappa shape index (κ2) is 49.6. The molecule has 4 heteroatoms. The largest absolute Gasteiger partial charge is 2.00 e. The van der Waals surface area contributed by atoms with Gasteiger partial charge in [-0.1, -0.05) is 0 Å². The van der Waals surface area contributed by atoms with E-state index in [1.54, 1.807) is 0 Å². The van der Waals surface area contributed by atoms with E-state index in [-0.39, 0.29) is 41.4 Å². The van der Waals surface area contributed by atoms with E-state index in [0.717, 1.165) is 0 Å². The van der Waals surface area contributed by atoms with Crippen LogP contribution in [0.15, 0.2) is 0 Å². The quantitative estimate of drug-likeness (QED) is 0.371. The maximum atomic E-state index is 0. The first-order valence-electron chi connectivity index (χ1n) is 0. The fourth-order valence-electron chi connectivity index (χ4n) is 0. The van der Waals surface area contributed by atoms with Crippen molar-refractivity contribution in [1.29, 1.82) is 0 Å². The average Bonchev–Trinajstić information content (AvgIpc) is 0. The predicted molar refractivity (Wildman–Crippen MR) is 11.3 cm³/mol. The minimum Gasteiger partial charge on any atom is -0.870 e. The van der Waals surface area contributed by atoms with Gasteiger partial charge in [-0.25, -0.2) is 0 Å².